The van der Waals surface area contributed by atoms with E-state index in [4.69, 9.17) is 28.9 Å². The minimum Gasteiger partial charge on any atom is -0.326 e. The van der Waals surface area contributed by atoms with Crippen molar-refractivity contribution in [3.8, 4) is 0 Å². The van der Waals surface area contributed by atoms with Crippen LogP contribution < -0.4 is 10.5 Å². The number of hydrogen-bond acceptors (Lipinski definition) is 3. The number of halogens is 2. The zero-order valence-corrected chi connectivity index (χ0v) is 12.6. The lowest BCUT2D eigenvalue weighted by Crippen LogP contribution is -2.13. The molecule has 0 radical (unpaired) electrons. The van der Waals surface area contributed by atoms with E-state index in [1.165, 1.54) is 18.2 Å². The van der Waals surface area contributed by atoms with Gasteiger partial charge in [-0.1, -0.05) is 35.3 Å². The fourth-order valence-electron chi connectivity index (χ4n) is 1.63. The van der Waals surface area contributed by atoms with Gasteiger partial charge in [-0.2, -0.15) is 0 Å². The van der Waals surface area contributed by atoms with E-state index in [1.807, 2.05) is 0 Å². The van der Waals surface area contributed by atoms with E-state index in [9.17, 15) is 8.42 Å². The molecule has 0 aliphatic carbocycles. The summed E-state index contributed by atoms with van der Waals surface area (Å²) in [4.78, 5) is 0.0691. The summed E-state index contributed by atoms with van der Waals surface area (Å²) in [6, 6.07) is 10.9. The Hall–Kier alpha value is -1.27. The first kappa shape index (κ1) is 15.1. The van der Waals surface area contributed by atoms with Crippen molar-refractivity contribution in [2.24, 2.45) is 5.73 Å². The molecule has 0 atom stereocenters. The normalized spacial score (nSPS) is 11.3. The number of nitrogens with one attached hydrogen (secondary N) is 1. The van der Waals surface area contributed by atoms with Crippen molar-refractivity contribution in [2.75, 3.05) is 4.72 Å². The minimum absolute atomic E-state index is 0.0691. The summed E-state index contributed by atoms with van der Waals surface area (Å²) in [5.41, 5.74) is 6.56. The van der Waals surface area contributed by atoms with Crippen molar-refractivity contribution < 1.29 is 8.42 Å². The van der Waals surface area contributed by atoms with Crippen LogP contribution in [-0.2, 0) is 16.6 Å². The van der Waals surface area contributed by atoms with Crippen LogP contribution in [0.1, 0.15) is 5.56 Å². The Morgan fingerprint density at radius 3 is 2.45 bits per heavy atom. The van der Waals surface area contributed by atoms with Crippen molar-refractivity contribution in [1.29, 1.82) is 0 Å². The number of benzene rings is 2. The van der Waals surface area contributed by atoms with Gasteiger partial charge in [-0.25, -0.2) is 8.42 Å². The van der Waals surface area contributed by atoms with Crippen LogP contribution in [0.15, 0.2) is 47.4 Å². The summed E-state index contributed by atoms with van der Waals surface area (Å²) in [5, 5.41) is 0.767. The summed E-state index contributed by atoms with van der Waals surface area (Å²) in [5.74, 6) is 0. The summed E-state index contributed by atoms with van der Waals surface area (Å²) in [6.45, 7) is 0.251. The molecule has 20 heavy (non-hydrogen) atoms. The van der Waals surface area contributed by atoms with Crippen LogP contribution in [0.4, 0.5) is 5.69 Å². The van der Waals surface area contributed by atoms with Crippen molar-refractivity contribution in [1.82, 2.24) is 0 Å². The molecule has 0 bridgehead atoms. The number of anilines is 1. The van der Waals surface area contributed by atoms with E-state index in [-0.39, 0.29) is 11.4 Å². The van der Waals surface area contributed by atoms with Crippen LogP contribution in [0.2, 0.25) is 10.0 Å². The maximum absolute atomic E-state index is 12.2. The predicted molar refractivity (Wildman–Crippen MR) is 81.6 cm³/mol. The van der Waals surface area contributed by atoms with E-state index in [2.05, 4.69) is 4.72 Å². The molecular weight excluding hydrogens is 319 g/mol. The smallest absolute Gasteiger partial charge is 0.261 e. The first-order valence-electron chi connectivity index (χ1n) is 5.69. The Morgan fingerprint density at radius 2 is 1.85 bits per heavy atom. The van der Waals surface area contributed by atoms with Gasteiger partial charge in [0.05, 0.1) is 10.6 Å². The molecule has 0 saturated heterocycles. The molecule has 106 valence electrons. The van der Waals surface area contributed by atoms with Gasteiger partial charge < -0.3 is 5.73 Å². The lowest BCUT2D eigenvalue weighted by Gasteiger charge is -2.10. The molecule has 0 aliphatic rings. The zero-order chi connectivity index (χ0) is 14.8. The molecule has 0 amide bonds. The quantitative estimate of drug-likeness (QED) is 0.903. The van der Waals surface area contributed by atoms with Gasteiger partial charge in [-0.3, -0.25) is 4.72 Å². The van der Waals surface area contributed by atoms with Gasteiger partial charge in [-0.15, -0.1) is 0 Å². The average molecular weight is 331 g/mol. The van der Waals surface area contributed by atoms with Gasteiger partial charge in [0.15, 0.2) is 0 Å². The van der Waals surface area contributed by atoms with E-state index < -0.39 is 10.0 Å². The topological polar surface area (TPSA) is 72.2 Å². The first-order chi connectivity index (χ1) is 9.42. The molecule has 0 aromatic heterocycles. The lowest BCUT2D eigenvalue weighted by molar-refractivity contribution is 0.601. The summed E-state index contributed by atoms with van der Waals surface area (Å²) < 4.78 is 26.9. The summed E-state index contributed by atoms with van der Waals surface area (Å²) >= 11 is 11.8. The molecule has 2 aromatic carbocycles. The number of sulfonamides is 1. The fraction of sp³-hybridized carbons (Fsp3) is 0.0769. The third-order valence-electron chi connectivity index (χ3n) is 2.63. The number of nitrogens with two attached hydrogens (primary N) is 1. The van der Waals surface area contributed by atoms with E-state index in [1.54, 1.807) is 24.3 Å². The third-order valence-corrected chi connectivity index (χ3v) is 4.60. The first-order valence-corrected chi connectivity index (χ1v) is 7.93. The van der Waals surface area contributed by atoms with Crippen molar-refractivity contribution in [3.63, 3.8) is 0 Å². The minimum atomic E-state index is -3.71. The summed E-state index contributed by atoms with van der Waals surface area (Å²) in [7, 11) is -3.71. The molecule has 0 spiro atoms. The Kier molecular flexibility index (Phi) is 4.55. The maximum Gasteiger partial charge on any atom is 0.261 e. The molecule has 0 aliphatic heterocycles. The van der Waals surface area contributed by atoms with Gasteiger partial charge in [-0.05, 0) is 35.9 Å². The zero-order valence-electron chi connectivity index (χ0n) is 10.3. The van der Waals surface area contributed by atoms with Crippen molar-refractivity contribution in [2.45, 2.75) is 11.4 Å². The summed E-state index contributed by atoms with van der Waals surface area (Å²) in [6.07, 6.45) is 0. The van der Waals surface area contributed by atoms with Crippen molar-refractivity contribution >= 4 is 38.9 Å². The van der Waals surface area contributed by atoms with Crippen LogP contribution in [0.5, 0.6) is 0 Å². The van der Waals surface area contributed by atoms with Crippen LogP contribution in [0.25, 0.3) is 0 Å². The van der Waals surface area contributed by atoms with Crippen LogP contribution in [0, 0.1) is 0 Å². The van der Waals surface area contributed by atoms with Crippen LogP contribution in [-0.4, -0.2) is 8.42 Å². The highest BCUT2D eigenvalue weighted by molar-refractivity contribution is 7.92. The highest BCUT2D eigenvalue weighted by Crippen LogP contribution is 2.23. The highest BCUT2D eigenvalue weighted by Gasteiger charge is 2.15. The molecular formula is C13H12Cl2N2O2S. The Labute approximate surface area is 127 Å². The highest BCUT2D eigenvalue weighted by atomic mass is 35.5. The molecule has 2 aromatic rings. The molecule has 7 heteroatoms. The second kappa shape index (κ2) is 6.01. The van der Waals surface area contributed by atoms with Gasteiger partial charge in [0.2, 0.25) is 0 Å². The standard InChI is InChI=1S/C13H12Cl2N2O2S/c14-10-2-1-3-11(6-10)17-20(18,19)12-5-4-9(8-16)13(15)7-12/h1-7,17H,8,16H2. The average Bonchev–Trinajstić information content (AvgIpc) is 2.38. The van der Waals surface area contributed by atoms with Gasteiger partial charge in [0, 0.05) is 16.6 Å². The van der Waals surface area contributed by atoms with Crippen LogP contribution >= 0.6 is 23.2 Å². The largest absolute Gasteiger partial charge is 0.326 e. The molecule has 3 N–H and O–H groups in total. The Morgan fingerprint density at radius 1 is 1.10 bits per heavy atom. The monoisotopic (exact) mass is 330 g/mol. The Balaban J connectivity index is 2.33. The van der Waals surface area contributed by atoms with E-state index in [0.717, 1.165) is 0 Å². The molecule has 2 rings (SSSR count). The van der Waals surface area contributed by atoms with Gasteiger partial charge in [0.25, 0.3) is 10.0 Å². The van der Waals surface area contributed by atoms with Crippen molar-refractivity contribution in [3.05, 3.63) is 58.1 Å². The van der Waals surface area contributed by atoms with E-state index >= 15 is 0 Å². The molecule has 4 nitrogen and oxygen atoms in total. The second-order valence-corrected chi connectivity index (χ2v) is 6.60. The third kappa shape index (κ3) is 3.43. The number of hydrogen-bond donors (Lipinski definition) is 2. The maximum atomic E-state index is 12.2. The number of rotatable bonds is 4. The van der Waals surface area contributed by atoms with E-state index in [0.29, 0.717) is 21.3 Å². The molecule has 0 fully saturated rings. The lowest BCUT2D eigenvalue weighted by atomic mass is 10.2. The molecule has 0 saturated carbocycles. The second-order valence-electron chi connectivity index (χ2n) is 4.07. The fourth-order valence-corrected chi connectivity index (χ4v) is 3.21. The molecule has 0 heterocycles. The Bertz CT molecular complexity index is 733. The molecule has 0 unspecified atom stereocenters. The predicted octanol–water partition coefficient (Wildman–Crippen LogP) is 3.25. The van der Waals surface area contributed by atoms with Gasteiger partial charge >= 0.3 is 0 Å². The van der Waals surface area contributed by atoms with Gasteiger partial charge in [0.1, 0.15) is 0 Å². The van der Waals surface area contributed by atoms with Crippen LogP contribution in [0.3, 0.4) is 0 Å². The SMILES string of the molecule is NCc1ccc(S(=O)(=O)Nc2cccc(Cl)c2)cc1Cl.